The summed E-state index contributed by atoms with van der Waals surface area (Å²) in [6.45, 7) is 5.44. The van der Waals surface area contributed by atoms with E-state index in [1.807, 2.05) is 6.92 Å². The second-order valence-corrected chi connectivity index (χ2v) is 6.33. The fourth-order valence-corrected chi connectivity index (χ4v) is 3.47. The van der Waals surface area contributed by atoms with Crippen LogP contribution < -0.4 is 0 Å². The Morgan fingerprint density at radius 1 is 0.818 bits per heavy atom. The molecule has 0 aliphatic heterocycles. The third-order valence-electron chi connectivity index (χ3n) is 4.89. The number of hydrogen-bond donors (Lipinski definition) is 0. The van der Waals surface area contributed by atoms with Gasteiger partial charge >= 0.3 is 0 Å². The molecule has 0 nitrogen and oxygen atoms in total. The monoisotopic (exact) mass is 316 g/mol. The zero-order chi connectivity index (χ0) is 16.4. The summed E-state index contributed by atoms with van der Waals surface area (Å²) in [5.41, 5.74) is -0.788. The van der Waals surface area contributed by atoms with Crippen LogP contribution in [0.4, 0.5) is 17.6 Å². The lowest BCUT2D eigenvalue weighted by Crippen LogP contribution is -2.15. The highest BCUT2D eigenvalue weighted by atomic mass is 19.2. The fraction of sp³-hybridized carbons (Fsp3) is 0.667. The highest BCUT2D eigenvalue weighted by Crippen LogP contribution is 2.48. The van der Waals surface area contributed by atoms with E-state index in [4.69, 9.17) is 0 Å². The molecule has 0 spiro atoms. The van der Waals surface area contributed by atoms with Gasteiger partial charge in [-0.25, -0.2) is 17.6 Å². The van der Waals surface area contributed by atoms with Crippen molar-refractivity contribution in [2.24, 2.45) is 5.92 Å². The lowest BCUT2D eigenvalue weighted by atomic mass is 9.85. The van der Waals surface area contributed by atoms with Crippen molar-refractivity contribution in [3.63, 3.8) is 0 Å². The Bertz CT molecular complexity index is 501. The van der Waals surface area contributed by atoms with E-state index in [2.05, 4.69) is 0 Å². The highest BCUT2D eigenvalue weighted by Gasteiger charge is 2.38. The summed E-state index contributed by atoms with van der Waals surface area (Å²) >= 11 is 0. The molecular formula is C18H24F4. The molecule has 0 N–H and O–H groups in total. The van der Waals surface area contributed by atoms with E-state index in [9.17, 15) is 17.6 Å². The van der Waals surface area contributed by atoms with Gasteiger partial charge in [0.1, 0.15) is 0 Å². The Labute approximate surface area is 129 Å². The smallest absolute Gasteiger partial charge is 0.165 e. The largest absolute Gasteiger partial charge is 0.203 e. The van der Waals surface area contributed by atoms with Gasteiger partial charge in [-0.1, -0.05) is 27.2 Å². The first-order valence-corrected chi connectivity index (χ1v) is 8.33. The molecule has 2 rings (SSSR count). The molecule has 1 saturated carbocycles. The van der Waals surface area contributed by atoms with Crippen LogP contribution in [0.15, 0.2) is 0 Å². The third-order valence-corrected chi connectivity index (χ3v) is 4.89. The summed E-state index contributed by atoms with van der Waals surface area (Å²) in [5.74, 6) is -5.49. The van der Waals surface area contributed by atoms with Crippen LogP contribution in [0.1, 0.15) is 82.3 Å². The number of rotatable bonds is 7. The normalized spacial score (nSPS) is 16.4. The fourth-order valence-electron chi connectivity index (χ4n) is 3.47. The van der Waals surface area contributed by atoms with Gasteiger partial charge in [0.15, 0.2) is 23.3 Å². The van der Waals surface area contributed by atoms with Crippen LogP contribution in [0.25, 0.3) is 0 Å². The summed E-state index contributed by atoms with van der Waals surface area (Å²) in [4.78, 5) is 0. The molecule has 22 heavy (non-hydrogen) atoms. The molecule has 124 valence electrons. The topological polar surface area (TPSA) is 0 Å². The molecule has 0 saturated heterocycles. The van der Waals surface area contributed by atoms with Crippen molar-refractivity contribution in [2.75, 3.05) is 0 Å². The van der Waals surface area contributed by atoms with Crippen molar-refractivity contribution in [3.05, 3.63) is 34.4 Å². The van der Waals surface area contributed by atoms with E-state index < -0.39 is 40.7 Å². The summed E-state index contributed by atoms with van der Waals surface area (Å²) in [5, 5.41) is 0. The minimum Gasteiger partial charge on any atom is -0.203 e. The molecule has 1 aromatic rings. The van der Waals surface area contributed by atoms with Gasteiger partial charge in [-0.05, 0) is 49.9 Å². The average Bonchev–Trinajstić information content (AvgIpc) is 3.33. The first-order chi connectivity index (χ1) is 10.5. The van der Waals surface area contributed by atoms with Crippen molar-refractivity contribution in [3.8, 4) is 0 Å². The second-order valence-electron chi connectivity index (χ2n) is 6.33. The second kappa shape index (κ2) is 7.01. The molecule has 0 aromatic heterocycles. The van der Waals surface area contributed by atoms with E-state index in [0.717, 1.165) is 19.3 Å². The molecular weight excluding hydrogens is 292 g/mol. The molecule has 1 aliphatic carbocycles. The van der Waals surface area contributed by atoms with Crippen LogP contribution in [0.3, 0.4) is 0 Å². The van der Waals surface area contributed by atoms with Crippen molar-refractivity contribution in [1.29, 1.82) is 0 Å². The molecule has 0 radical (unpaired) electrons. The minimum atomic E-state index is -1.19. The molecule has 4 heteroatoms. The maximum Gasteiger partial charge on any atom is 0.165 e. The van der Waals surface area contributed by atoms with E-state index in [1.165, 1.54) is 0 Å². The van der Waals surface area contributed by atoms with Crippen LogP contribution in [0, 0.1) is 29.2 Å². The van der Waals surface area contributed by atoms with Crippen molar-refractivity contribution in [1.82, 2.24) is 0 Å². The molecule has 0 amide bonds. The van der Waals surface area contributed by atoms with Gasteiger partial charge in [-0.15, -0.1) is 0 Å². The van der Waals surface area contributed by atoms with Crippen LogP contribution >= 0.6 is 0 Å². The van der Waals surface area contributed by atoms with Crippen molar-refractivity contribution < 1.29 is 17.6 Å². The lowest BCUT2D eigenvalue weighted by Gasteiger charge is -2.22. The first kappa shape index (κ1) is 17.3. The standard InChI is InChI=1S/C18H24F4/c1-4-7-12(11-8-9-11)14-17(21)15(19)13(10(5-2)6-3)16(20)18(14)22/h10-12H,4-9H2,1-3H3. The maximum atomic E-state index is 14.5. The minimum absolute atomic E-state index is 0.154. The first-order valence-electron chi connectivity index (χ1n) is 8.33. The molecule has 1 atom stereocenters. The number of halogens is 4. The van der Waals surface area contributed by atoms with Crippen LogP contribution in [0.5, 0.6) is 0 Å². The zero-order valence-corrected chi connectivity index (χ0v) is 13.5. The van der Waals surface area contributed by atoms with E-state index >= 15 is 0 Å². The molecule has 0 heterocycles. The van der Waals surface area contributed by atoms with Gasteiger partial charge in [-0.2, -0.15) is 0 Å². The van der Waals surface area contributed by atoms with Gasteiger partial charge in [0.25, 0.3) is 0 Å². The Morgan fingerprint density at radius 2 is 1.27 bits per heavy atom. The summed E-state index contributed by atoms with van der Waals surface area (Å²) in [6, 6.07) is 0. The lowest BCUT2D eigenvalue weighted by molar-refractivity contribution is 0.387. The Balaban J connectivity index is 2.57. The molecule has 1 fully saturated rings. The SMILES string of the molecule is CCCC(c1c(F)c(F)c(C(CC)CC)c(F)c1F)C1CC1. The van der Waals surface area contributed by atoms with E-state index in [1.54, 1.807) is 13.8 Å². The average molecular weight is 316 g/mol. The van der Waals surface area contributed by atoms with Gasteiger partial charge in [-0.3, -0.25) is 0 Å². The van der Waals surface area contributed by atoms with Crippen LogP contribution in [-0.4, -0.2) is 0 Å². The maximum absolute atomic E-state index is 14.5. The molecule has 0 bridgehead atoms. The summed E-state index contributed by atoms with van der Waals surface area (Å²) in [7, 11) is 0. The third kappa shape index (κ3) is 3.02. The number of benzene rings is 1. The van der Waals surface area contributed by atoms with Gasteiger partial charge in [0, 0.05) is 11.1 Å². The Hall–Kier alpha value is -1.06. The summed E-state index contributed by atoms with van der Waals surface area (Å²) in [6.07, 6.45) is 3.94. The predicted octanol–water partition coefficient (Wildman–Crippen LogP) is 6.44. The molecule has 1 unspecified atom stereocenters. The van der Waals surface area contributed by atoms with Gasteiger partial charge in [0.2, 0.25) is 0 Å². The van der Waals surface area contributed by atoms with Crippen LogP contribution in [-0.2, 0) is 0 Å². The van der Waals surface area contributed by atoms with Gasteiger partial charge in [0.05, 0.1) is 0 Å². The molecule has 1 aliphatic rings. The Kier molecular flexibility index (Phi) is 5.51. The molecule has 1 aromatic carbocycles. The van der Waals surface area contributed by atoms with E-state index in [0.29, 0.717) is 19.3 Å². The van der Waals surface area contributed by atoms with Crippen molar-refractivity contribution in [2.45, 2.75) is 71.1 Å². The van der Waals surface area contributed by atoms with Crippen molar-refractivity contribution >= 4 is 0 Å². The highest BCUT2D eigenvalue weighted by molar-refractivity contribution is 5.35. The number of hydrogen-bond acceptors (Lipinski definition) is 0. The van der Waals surface area contributed by atoms with Crippen LogP contribution in [0.2, 0.25) is 0 Å². The quantitative estimate of drug-likeness (QED) is 0.401. The van der Waals surface area contributed by atoms with E-state index in [-0.39, 0.29) is 11.5 Å². The summed E-state index contributed by atoms with van der Waals surface area (Å²) < 4.78 is 57.9. The zero-order valence-electron chi connectivity index (χ0n) is 13.5. The predicted molar refractivity (Wildman–Crippen MR) is 80.0 cm³/mol. The van der Waals surface area contributed by atoms with Gasteiger partial charge < -0.3 is 0 Å². The Morgan fingerprint density at radius 3 is 1.64 bits per heavy atom.